The summed E-state index contributed by atoms with van der Waals surface area (Å²) in [5.41, 5.74) is 2.56. The van der Waals surface area contributed by atoms with E-state index in [2.05, 4.69) is 33.9 Å². The third kappa shape index (κ3) is 5.09. The Bertz CT molecular complexity index is 791. The van der Waals surface area contributed by atoms with E-state index in [1.165, 1.54) is 41.9 Å². The number of sulfonamides is 1. The highest BCUT2D eigenvalue weighted by Gasteiger charge is 2.15. The number of hydrogen-bond donors (Lipinski definition) is 1. The van der Waals surface area contributed by atoms with Crippen LogP contribution in [-0.2, 0) is 22.9 Å². The van der Waals surface area contributed by atoms with E-state index in [0.717, 1.165) is 37.2 Å². The van der Waals surface area contributed by atoms with E-state index in [9.17, 15) is 8.42 Å². The van der Waals surface area contributed by atoms with E-state index < -0.39 is 10.0 Å². The number of aryl methyl sites for hydroxylation is 2. The quantitative estimate of drug-likeness (QED) is 0.685. The molecular formula is C20H28N2O2S2. The van der Waals surface area contributed by atoms with E-state index >= 15 is 0 Å². The molecule has 142 valence electrons. The van der Waals surface area contributed by atoms with E-state index in [-0.39, 0.29) is 0 Å². The van der Waals surface area contributed by atoms with Gasteiger partial charge in [-0.15, -0.1) is 11.3 Å². The van der Waals surface area contributed by atoms with Crippen LogP contribution in [0.1, 0.15) is 43.0 Å². The molecule has 1 aromatic heterocycles. The summed E-state index contributed by atoms with van der Waals surface area (Å²) in [5.74, 6) is 0. The van der Waals surface area contributed by atoms with E-state index in [1.54, 1.807) is 6.07 Å². The maximum absolute atomic E-state index is 12.3. The highest BCUT2D eigenvalue weighted by molar-refractivity contribution is 7.91. The number of nitrogens with zero attached hydrogens (tertiary/aromatic N) is 1. The molecule has 2 heterocycles. The molecule has 3 rings (SSSR count). The van der Waals surface area contributed by atoms with Gasteiger partial charge in [0.25, 0.3) is 0 Å². The fourth-order valence-electron chi connectivity index (χ4n) is 3.29. The number of piperidine rings is 1. The van der Waals surface area contributed by atoms with Crippen LogP contribution in [0.25, 0.3) is 0 Å². The van der Waals surface area contributed by atoms with Crippen molar-refractivity contribution in [1.82, 2.24) is 4.72 Å². The van der Waals surface area contributed by atoms with Crippen LogP contribution >= 0.6 is 11.3 Å². The molecule has 6 heteroatoms. The van der Waals surface area contributed by atoms with Gasteiger partial charge >= 0.3 is 0 Å². The average molecular weight is 393 g/mol. The Morgan fingerprint density at radius 2 is 1.77 bits per heavy atom. The topological polar surface area (TPSA) is 49.4 Å². The lowest BCUT2D eigenvalue weighted by Crippen LogP contribution is -2.29. The molecule has 1 saturated heterocycles. The van der Waals surface area contributed by atoms with Crippen molar-refractivity contribution in [2.75, 3.05) is 24.5 Å². The van der Waals surface area contributed by atoms with Gasteiger partial charge in [-0.1, -0.05) is 19.1 Å². The number of benzene rings is 1. The molecular weight excluding hydrogens is 364 g/mol. The molecule has 0 atom stereocenters. The highest BCUT2D eigenvalue weighted by Crippen LogP contribution is 2.22. The van der Waals surface area contributed by atoms with Gasteiger partial charge in [0, 0.05) is 30.2 Å². The predicted octanol–water partition coefficient (Wildman–Crippen LogP) is 4.21. The predicted molar refractivity (Wildman–Crippen MR) is 110 cm³/mol. The van der Waals surface area contributed by atoms with Crippen LogP contribution in [0.15, 0.2) is 40.6 Å². The third-order valence-corrected chi connectivity index (χ3v) is 8.02. The van der Waals surface area contributed by atoms with Crippen molar-refractivity contribution in [3.05, 3.63) is 46.8 Å². The second-order valence-electron chi connectivity index (χ2n) is 6.79. The van der Waals surface area contributed by atoms with Gasteiger partial charge in [0.15, 0.2) is 0 Å². The zero-order valence-electron chi connectivity index (χ0n) is 15.4. The summed E-state index contributed by atoms with van der Waals surface area (Å²) in [5, 5.41) is 0. The number of anilines is 1. The third-order valence-electron chi connectivity index (χ3n) is 4.84. The van der Waals surface area contributed by atoms with Gasteiger partial charge in [-0.3, -0.25) is 0 Å². The molecule has 1 N–H and O–H groups in total. The molecule has 0 amide bonds. The van der Waals surface area contributed by atoms with E-state index in [1.807, 2.05) is 13.0 Å². The van der Waals surface area contributed by atoms with Crippen molar-refractivity contribution in [2.45, 2.75) is 49.7 Å². The lowest BCUT2D eigenvalue weighted by atomic mass is 10.1. The maximum atomic E-state index is 12.3. The first-order chi connectivity index (χ1) is 12.6. The van der Waals surface area contributed by atoms with Crippen molar-refractivity contribution in [1.29, 1.82) is 0 Å². The molecule has 4 nitrogen and oxygen atoms in total. The number of rotatable bonds is 8. The summed E-state index contributed by atoms with van der Waals surface area (Å²) >= 11 is 1.35. The smallest absolute Gasteiger partial charge is 0.250 e. The molecule has 2 aromatic rings. The van der Waals surface area contributed by atoms with Crippen molar-refractivity contribution in [3.63, 3.8) is 0 Å². The number of thiophene rings is 1. The highest BCUT2D eigenvalue weighted by atomic mass is 32.2. The molecule has 0 radical (unpaired) electrons. The van der Waals surface area contributed by atoms with Gasteiger partial charge in [-0.25, -0.2) is 13.1 Å². The minimum Gasteiger partial charge on any atom is -0.372 e. The standard InChI is InChI=1S/C20H28N2O2S2/c1-2-19-12-13-20(25-19)26(23,24)21-14-6-7-17-8-10-18(11-9-17)22-15-4-3-5-16-22/h8-13,21H,2-7,14-16H2,1H3. The molecule has 0 aliphatic carbocycles. The first-order valence-corrected chi connectivity index (χ1v) is 11.8. The Morgan fingerprint density at radius 1 is 1.04 bits per heavy atom. The second-order valence-corrected chi connectivity index (χ2v) is 9.95. The first kappa shape index (κ1) is 19.4. The Morgan fingerprint density at radius 3 is 2.42 bits per heavy atom. The molecule has 1 aromatic carbocycles. The molecule has 1 fully saturated rings. The molecule has 1 aliphatic heterocycles. The fraction of sp³-hybridized carbons (Fsp3) is 0.500. The van der Waals surface area contributed by atoms with Gasteiger partial charge in [0.2, 0.25) is 10.0 Å². The van der Waals surface area contributed by atoms with Gasteiger partial charge in [-0.2, -0.15) is 0 Å². The summed E-state index contributed by atoms with van der Waals surface area (Å²) in [6.45, 7) is 4.81. The lowest BCUT2D eigenvalue weighted by molar-refractivity contribution is 0.577. The largest absolute Gasteiger partial charge is 0.372 e. The number of nitrogens with one attached hydrogen (secondary N) is 1. The molecule has 1 aliphatic rings. The van der Waals surface area contributed by atoms with Crippen molar-refractivity contribution in [2.24, 2.45) is 0 Å². The Balaban J connectivity index is 1.45. The summed E-state index contributed by atoms with van der Waals surface area (Å²) in [6, 6.07) is 12.3. The zero-order chi connectivity index (χ0) is 18.4. The summed E-state index contributed by atoms with van der Waals surface area (Å²) in [6.07, 6.45) is 6.46. The van der Waals surface area contributed by atoms with Crippen LogP contribution in [0, 0.1) is 0 Å². The normalized spacial score (nSPS) is 15.3. The van der Waals surface area contributed by atoms with Crippen molar-refractivity contribution < 1.29 is 8.42 Å². The summed E-state index contributed by atoms with van der Waals surface area (Å²) < 4.78 is 27.7. The minimum atomic E-state index is -3.36. The average Bonchev–Trinajstić information content (AvgIpc) is 3.17. The summed E-state index contributed by atoms with van der Waals surface area (Å²) in [4.78, 5) is 3.55. The van der Waals surface area contributed by atoms with Crippen molar-refractivity contribution >= 4 is 27.0 Å². The van der Waals surface area contributed by atoms with Gasteiger partial charge < -0.3 is 4.90 Å². The van der Waals surface area contributed by atoms with Crippen LogP contribution < -0.4 is 9.62 Å². The molecule has 0 unspecified atom stereocenters. The van der Waals surface area contributed by atoms with E-state index in [0.29, 0.717) is 10.8 Å². The van der Waals surface area contributed by atoms with Crippen molar-refractivity contribution in [3.8, 4) is 0 Å². The van der Waals surface area contributed by atoms with Crippen LogP contribution in [-0.4, -0.2) is 28.1 Å². The Hall–Kier alpha value is -1.37. The van der Waals surface area contributed by atoms with Crippen LogP contribution in [0.5, 0.6) is 0 Å². The first-order valence-electron chi connectivity index (χ1n) is 9.51. The number of hydrogen-bond acceptors (Lipinski definition) is 4. The zero-order valence-corrected chi connectivity index (χ0v) is 17.0. The monoisotopic (exact) mass is 392 g/mol. The SMILES string of the molecule is CCc1ccc(S(=O)(=O)NCCCc2ccc(N3CCCCC3)cc2)s1. The lowest BCUT2D eigenvalue weighted by Gasteiger charge is -2.28. The van der Waals surface area contributed by atoms with Gasteiger partial charge in [0.05, 0.1) is 0 Å². The molecule has 26 heavy (non-hydrogen) atoms. The molecule has 0 saturated carbocycles. The summed E-state index contributed by atoms with van der Waals surface area (Å²) in [7, 11) is -3.36. The Kier molecular flexibility index (Phi) is 6.73. The van der Waals surface area contributed by atoms with Gasteiger partial charge in [0.1, 0.15) is 4.21 Å². The molecule has 0 spiro atoms. The van der Waals surface area contributed by atoms with Gasteiger partial charge in [-0.05, 0) is 68.4 Å². The van der Waals surface area contributed by atoms with Crippen LogP contribution in [0.2, 0.25) is 0 Å². The van der Waals surface area contributed by atoms with Crippen LogP contribution in [0.3, 0.4) is 0 Å². The molecule has 0 bridgehead atoms. The second kappa shape index (κ2) is 9.02. The maximum Gasteiger partial charge on any atom is 0.250 e. The Labute approximate surface area is 161 Å². The fourth-order valence-corrected chi connectivity index (χ4v) is 5.70. The minimum absolute atomic E-state index is 0.417. The van der Waals surface area contributed by atoms with Crippen LogP contribution in [0.4, 0.5) is 5.69 Å². The van der Waals surface area contributed by atoms with E-state index in [4.69, 9.17) is 0 Å².